The van der Waals surface area contributed by atoms with Gasteiger partial charge in [-0.15, -0.1) is 0 Å². The zero-order chi connectivity index (χ0) is 18.6. The molecule has 2 aromatic rings. The van der Waals surface area contributed by atoms with E-state index in [-0.39, 0.29) is 42.9 Å². The van der Waals surface area contributed by atoms with Crippen LogP contribution in [-0.4, -0.2) is 62.1 Å². The van der Waals surface area contributed by atoms with Crippen LogP contribution < -0.4 is 4.74 Å². The molecule has 0 radical (unpaired) electrons. The highest BCUT2D eigenvalue weighted by Gasteiger charge is 2.29. The number of carbonyl (C=O) groups excluding carboxylic acids is 1. The molecule has 1 aromatic carbocycles. The van der Waals surface area contributed by atoms with Crippen LogP contribution in [0.25, 0.3) is 0 Å². The average Bonchev–Trinajstić information content (AvgIpc) is 3.17. The van der Waals surface area contributed by atoms with Crippen LogP contribution in [-0.2, 0) is 10.0 Å². The van der Waals surface area contributed by atoms with E-state index in [1.54, 1.807) is 17.0 Å². The Hall–Kier alpha value is -2.39. The van der Waals surface area contributed by atoms with Gasteiger partial charge in [0.05, 0.1) is 12.0 Å². The molecule has 0 atom stereocenters. The van der Waals surface area contributed by atoms with E-state index in [9.17, 15) is 17.6 Å². The Morgan fingerprint density at radius 1 is 1.12 bits per heavy atom. The first kappa shape index (κ1) is 18.4. The van der Waals surface area contributed by atoms with Crippen molar-refractivity contribution in [1.29, 1.82) is 0 Å². The summed E-state index contributed by atoms with van der Waals surface area (Å²) in [7, 11) is -3.49. The van der Waals surface area contributed by atoms with Crippen molar-refractivity contribution < 1.29 is 26.8 Å². The van der Waals surface area contributed by atoms with Crippen molar-refractivity contribution in [3.8, 4) is 5.75 Å². The zero-order valence-electron chi connectivity index (χ0n) is 14.0. The maximum absolute atomic E-state index is 12.8. The monoisotopic (exact) mass is 382 g/mol. The van der Waals surface area contributed by atoms with Gasteiger partial charge in [-0.2, -0.15) is 4.31 Å². The lowest BCUT2D eigenvalue weighted by atomic mass is 10.3. The standard InChI is InChI=1S/C17H19FN2O5S/c18-14-3-5-15(6-4-14)24-12-13-26(22,23)20-9-7-19(8-10-20)17(21)16-2-1-11-25-16/h1-6,11H,7-10,12-13H2. The fourth-order valence-corrected chi connectivity index (χ4v) is 3.92. The molecule has 1 aliphatic heterocycles. The summed E-state index contributed by atoms with van der Waals surface area (Å²) in [6.07, 6.45) is 1.43. The molecule has 9 heteroatoms. The number of sulfonamides is 1. The molecule has 0 aliphatic carbocycles. The third-order valence-electron chi connectivity index (χ3n) is 4.07. The van der Waals surface area contributed by atoms with E-state index in [0.717, 1.165) is 0 Å². The highest BCUT2D eigenvalue weighted by molar-refractivity contribution is 7.89. The predicted molar refractivity (Wildman–Crippen MR) is 91.9 cm³/mol. The second-order valence-corrected chi connectivity index (χ2v) is 7.88. The number of hydrogen-bond donors (Lipinski definition) is 0. The molecule has 0 N–H and O–H groups in total. The van der Waals surface area contributed by atoms with Crippen LogP contribution >= 0.6 is 0 Å². The maximum Gasteiger partial charge on any atom is 0.289 e. The van der Waals surface area contributed by atoms with E-state index in [0.29, 0.717) is 18.8 Å². The van der Waals surface area contributed by atoms with Crippen molar-refractivity contribution in [1.82, 2.24) is 9.21 Å². The number of halogens is 1. The van der Waals surface area contributed by atoms with Gasteiger partial charge in [-0.05, 0) is 36.4 Å². The van der Waals surface area contributed by atoms with E-state index in [1.165, 1.54) is 34.8 Å². The predicted octanol–water partition coefficient (Wildman–Crippen LogP) is 1.59. The second-order valence-electron chi connectivity index (χ2n) is 5.79. The molecule has 1 aromatic heterocycles. The molecule has 140 valence electrons. The quantitative estimate of drug-likeness (QED) is 0.758. The highest BCUT2D eigenvalue weighted by atomic mass is 32.2. The molecular formula is C17H19FN2O5S. The molecule has 1 aliphatic rings. The van der Waals surface area contributed by atoms with Gasteiger partial charge in [0.25, 0.3) is 5.91 Å². The van der Waals surface area contributed by atoms with Crippen molar-refractivity contribution in [3.05, 3.63) is 54.2 Å². The van der Waals surface area contributed by atoms with E-state index >= 15 is 0 Å². The normalized spacial score (nSPS) is 15.8. The number of benzene rings is 1. The lowest BCUT2D eigenvalue weighted by molar-refractivity contribution is 0.0665. The number of furan rings is 1. The van der Waals surface area contributed by atoms with Crippen LogP contribution in [0.4, 0.5) is 4.39 Å². The van der Waals surface area contributed by atoms with Gasteiger partial charge in [-0.1, -0.05) is 0 Å². The van der Waals surface area contributed by atoms with Gasteiger partial charge < -0.3 is 14.1 Å². The van der Waals surface area contributed by atoms with Crippen LogP contribution in [0, 0.1) is 5.82 Å². The molecule has 0 unspecified atom stereocenters. The molecule has 0 bridgehead atoms. The van der Waals surface area contributed by atoms with E-state index in [2.05, 4.69) is 0 Å². The largest absolute Gasteiger partial charge is 0.492 e. The first-order chi connectivity index (χ1) is 12.5. The topological polar surface area (TPSA) is 80.1 Å². The fraction of sp³-hybridized carbons (Fsp3) is 0.353. The number of rotatable bonds is 6. The SMILES string of the molecule is O=C(c1ccco1)N1CCN(S(=O)(=O)CCOc2ccc(F)cc2)CC1. The second kappa shape index (κ2) is 7.88. The summed E-state index contributed by atoms with van der Waals surface area (Å²) in [4.78, 5) is 13.8. The fourth-order valence-electron chi connectivity index (χ4n) is 2.65. The summed E-state index contributed by atoms with van der Waals surface area (Å²) in [5.74, 6) is -0.153. The van der Waals surface area contributed by atoms with Gasteiger partial charge in [0.2, 0.25) is 10.0 Å². The minimum absolute atomic E-state index is 0.0283. The van der Waals surface area contributed by atoms with Crippen molar-refractivity contribution in [2.45, 2.75) is 0 Å². The average molecular weight is 382 g/mol. The smallest absolute Gasteiger partial charge is 0.289 e. The van der Waals surface area contributed by atoms with E-state index < -0.39 is 10.0 Å². The third-order valence-corrected chi connectivity index (χ3v) is 5.91. The number of nitrogens with zero attached hydrogens (tertiary/aromatic N) is 2. The Balaban J connectivity index is 1.48. The lowest BCUT2D eigenvalue weighted by Crippen LogP contribution is -2.51. The van der Waals surface area contributed by atoms with Crippen LogP contribution in [0.5, 0.6) is 5.75 Å². The van der Waals surface area contributed by atoms with Gasteiger partial charge in [-0.3, -0.25) is 4.79 Å². The lowest BCUT2D eigenvalue weighted by Gasteiger charge is -2.33. The third kappa shape index (κ3) is 4.41. The molecule has 0 saturated carbocycles. The Labute approximate surface area is 151 Å². The van der Waals surface area contributed by atoms with Crippen LogP contribution in [0.2, 0.25) is 0 Å². The number of amides is 1. The van der Waals surface area contributed by atoms with Crippen LogP contribution in [0.1, 0.15) is 10.6 Å². The highest BCUT2D eigenvalue weighted by Crippen LogP contribution is 2.14. The Bertz CT molecular complexity index is 829. The van der Waals surface area contributed by atoms with Gasteiger partial charge in [0.1, 0.15) is 18.2 Å². The Kier molecular flexibility index (Phi) is 5.58. The number of carbonyl (C=O) groups is 1. The molecule has 1 saturated heterocycles. The minimum atomic E-state index is -3.49. The summed E-state index contributed by atoms with van der Waals surface area (Å²) in [5, 5.41) is 0. The zero-order valence-corrected chi connectivity index (χ0v) is 14.8. The van der Waals surface area contributed by atoms with Crippen molar-refractivity contribution in [2.24, 2.45) is 0 Å². The summed E-state index contributed by atoms with van der Waals surface area (Å²) in [6, 6.07) is 8.60. The summed E-state index contributed by atoms with van der Waals surface area (Å²) in [6.45, 7) is 1.03. The van der Waals surface area contributed by atoms with Crippen LogP contribution in [0.15, 0.2) is 47.1 Å². The molecule has 7 nitrogen and oxygen atoms in total. The van der Waals surface area contributed by atoms with Gasteiger partial charge in [-0.25, -0.2) is 12.8 Å². The summed E-state index contributed by atoms with van der Waals surface area (Å²) >= 11 is 0. The molecule has 26 heavy (non-hydrogen) atoms. The summed E-state index contributed by atoms with van der Waals surface area (Å²) < 4.78 is 49.4. The van der Waals surface area contributed by atoms with E-state index in [1.807, 2.05) is 0 Å². The Morgan fingerprint density at radius 2 is 1.81 bits per heavy atom. The van der Waals surface area contributed by atoms with Crippen molar-refractivity contribution in [3.63, 3.8) is 0 Å². The minimum Gasteiger partial charge on any atom is -0.492 e. The number of hydrogen-bond acceptors (Lipinski definition) is 5. The van der Waals surface area contributed by atoms with Crippen LogP contribution in [0.3, 0.4) is 0 Å². The first-order valence-corrected chi connectivity index (χ1v) is 9.75. The number of piperazine rings is 1. The summed E-state index contributed by atoms with van der Waals surface area (Å²) in [5.41, 5.74) is 0. The van der Waals surface area contributed by atoms with Gasteiger partial charge in [0, 0.05) is 26.2 Å². The Morgan fingerprint density at radius 3 is 2.42 bits per heavy atom. The molecule has 2 heterocycles. The van der Waals surface area contributed by atoms with E-state index in [4.69, 9.17) is 9.15 Å². The van der Waals surface area contributed by atoms with Crippen molar-refractivity contribution >= 4 is 15.9 Å². The molecule has 3 rings (SSSR count). The van der Waals surface area contributed by atoms with Gasteiger partial charge >= 0.3 is 0 Å². The molecule has 1 amide bonds. The number of ether oxygens (including phenoxy) is 1. The molecule has 0 spiro atoms. The maximum atomic E-state index is 12.8. The molecular weight excluding hydrogens is 363 g/mol. The first-order valence-electron chi connectivity index (χ1n) is 8.15. The van der Waals surface area contributed by atoms with Crippen molar-refractivity contribution in [2.75, 3.05) is 38.5 Å². The van der Waals surface area contributed by atoms with Gasteiger partial charge in [0.15, 0.2) is 5.76 Å². The molecule has 1 fully saturated rings.